The molecule has 1 N–H and O–H groups in total. The molecule has 1 atom stereocenters. The minimum atomic E-state index is -0.435. The van der Waals surface area contributed by atoms with Crippen molar-refractivity contribution in [1.82, 2.24) is 5.32 Å². The molecule has 2 saturated heterocycles. The molecular formula is C16H21N3O4S2. The fraction of sp³-hybridized carbons (Fsp3) is 0.500. The number of nitrogens with one attached hydrogen (secondary N) is 1. The van der Waals surface area contributed by atoms with Crippen LogP contribution in [-0.2, 0) is 14.3 Å². The van der Waals surface area contributed by atoms with Crippen LogP contribution >= 0.6 is 25.3 Å². The van der Waals surface area contributed by atoms with Crippen LogP contribution in [0.2, 0.25) is 0 Å². The molecule has 9 heteroatoms. The number of thiol groups is 2. The second-order valence-electron chi connectivity index (χ2n) is 5.99. The van der Waals surface area contributed by atoms with E-state index in [9.17, 15) is 9.59 Å². The number of carbonyl (C=O) groups excluding carboxylic acids is 2. The molecule has 0 radical (unpaired) electrons. The number of ether oxygens (including phenoxy) is 2. The third kappa shape index (κ3) is 4.16. The minimum Gasteiger partial charge on any atom is -0.442 e. The van der Waals surface area contributed by atoms with Gasteiger partial charge in [-0.2, -0.15) is 0 Å². The van der Waals surface area contributed by atoms with E-state index in [2.05, 4.69) is 35.5 Å². The monoisotopic (exact) mass is 383 g/mol. The Hall–Kier alpha value is -1.58. The zero-order valence-corrected chi connectivity index (χ0v) is 15.7. The zero-order chi connectivity index (χ0) is 18.0. The van der Waals surface area contributed by atoms with Crippen LogP contribution in [0.5, 0.6) is 0 Å². The number of carbonyl (C=O) groups is 2. The summed E-state index contributed by atoms with van der Waals surface area (Å²) >= 11 is 9.19. The van der Waals surface area contributed by atoms with Crippen molar-refractivity contribution in [2.24, 2.45) is 0 Å². The first-order valence-electron chi connectivity index (χ1n) is 8.07. The summed E-state index contributed by atoms with van der Waals surface area (Å²) in [6, 6.07) is 3.69. The first kappa shape index (κ1) is 18.2. The molecule has 3 rings (SSSR count). The Morgan fingerprint density at radius 2 is 1.92 bits per heavy atom. The smallest absolute Gasteiger partial charge is 0.414 e. The molecule has 0 aliphatic carbocycles. The average molecular weight is 383 g/mol. The van der Waals surface area contributed by atoms with Gasteiger partial charge >= 0.3 is 6.09 Å². The van der Waals surface area contributed by atoms with Crippen molar-refractivity contribution in [2.45, 2.75) is 22.8 Å². The van der Waals surface area contributed by atoms with Crippen molar-refractivity contribution in [3.8, 4) is 0 Å². The zero-order valence-electron chi connectivity index (χ0n) is 13.9. The van der Waals surface area contributed by atoms with Gasteiger partial charge in [0.25, 0.3) is 0 Å². The van der Waals surface area contributed by atoms with Crippen molar-refractivity contribution in [2.75, 3.05) is 49.2 Å². The van der Waals surface area contributed by atoms with Crippen LogP contribution in [0.1, 0.15) is 6.92 Å². The van der Waals surface area contributed by atoms with Crippen LogP contribution in [0.3, 0.4) is 0 Å². The predicted octanol–water partition coefficient (Wildman–Crippen LogP) is 1.56. The molecule has 0 aromatic heterocycles. The van der Waals surface area contributed by atoms with Crippen LogP contribution in [0, 0.1) is 0 Å². The Morgan fingerprint density at radius 1 is 1.28 bits per heavy atom. The van der Waals surface area contributed by atoms with E-state index < -0.39 is 6.09 Å². The van der Waals surface area contributed by atoms with Gasteiger partial charge < -0.3 is 19.7 Å². The van der Waals surface area contributed by atoms with E-state index in [4.69, 9.17) is 9.47 Å². The fourth-order valence-corrected chi connectivity index (χ4v) is 3.83. The van der Waals surface area contributed by atoms with Gasteiger partial charge in [-0.25, -0.2) is 4.79 Å². The molecule has 2 amide bonds. The lowest BCUT2D eigenvalue weighted by molar-refractivity contribution is -0.119. The number of hydrogen-bond acceptors (Lipinski definition) is 7. The van der Waals surface area contributed by atoms with E-state index in [1.807, 2.05) is 12.1 Å². The number of hydrogen-bond donors (Lipinski definition) is 3. The van der Waals surface area contributed by atoms with E-state index in [1.54, 1.807) is 0 Å². The summed E-state index contributed by atoms with van der Waals surface area (Å²) < 4.78 is 10.7. The Kier molecular flexibility index (Phi) is 5.65. The van der Waals surface area contributed by atoms with Crippen molar-refractivity contribution >= 4 is 48.6 Å². The number of benzene rings is 1. The lowest BCUT2D eigenvalue weighted by Gasteiger charge is -2.31. The molecule has 2 aliphatic heterocycles. The van der Waals surface area contributed by atoms with E-state index in [0.29, 0.717) is 32.0 Å². The summed E-state index contributed by atoms with van der Waals surface area (Å²) in [6.45, 7) is 5.01. The van der Waals surface area contributed by atoms with Gasteiger partial charge in [-0.15, -0.1) is 25.3 Å². The Morgan fingerprint density at radius 3 is 2.52 bits per heavy atom. The highest BCUT2D eigenvalue weighted by molar-refractivity contribution is 7.81. The van der Waals surface area contributed by atoms with E-state index >= 15 is 0 Å². The number of cyclic esters (lactones) is 1. The van der Waals surface area contributed by atoms with Crippen LogP contribution in [-0.4, -0.2) is 57.5 Å². The number of nitrogens with zero attached hydrogens (tertiary/aromatic N) is 2. The highest BCUT2D eigenvalue weighted by Crippen LogP contribution is 2.37. The first-order chi connectivity index (χ1) is 12.0. The number of amides is 2. The Labute approximate surface area is 157 Å². The molecule has 7 nitrogen and oxygen atoms in total. The second-order valence-corrected chi connectivity index (χ2v) is 6.95. The summed E-state index contributed by atoms with van der Waals surface area (Å²) in [4.78, 5) is 28.4. The molecule has 1 aromatic rings. The van der Waals surface area contributed by atoms with E-state index in [0.717, 1.165) is 28.6 Å². The van der Waals surface area contributed by atoms with Crippen molar-refractivity contribution < 1.29 is 19.1 Å². The third-order valence-electron chi connectivity index (χ3n) is 4.15. The topological polar surface area (TPSA) is 71.1 Å². The van der Waals surface area contributed by atoms with Crippen LogP contribution in [0.4, 0.5) is 16.2 Å². The van der Waals surface area contributed by atoms with E-state index in [-0.39, 0.29) is 12.0 Å². The van der Waals surface area contributed by atoms with Gasteiger partial charge in [0.15, 0.2) is 0 Å². The lowest BCUT2D eigenvalue weighted by atomic mass is 10.2. The maximum Gasteiger partial charge on any atom is 0.414 e. The third-order valence-corrected chi connectivity index (χ3v) is 4.83. The molecule has 136 valence electrons. The average Bonchev–Trinajstić information content (AvgIpc) is 2.94. The van der Waals surface area contributed by atoms with Gasteiger partial charge in [0.05, 0.1) is 32.0 Å². The van der Waals surface area contributed by atoms with Crippen LogP contribution in [0.15, 0.2) is 21.9 Å². The number of morpholine rings is 1. The van der Waals surface area contributed by atoms with Gasteiger partial charge in [-0.1, -0.05) is 0 Å². The van der Waals surface area contributed by atoms with Crippen LogP contribution in [0.25, 0.3) is 0 Å². The summed E-state index contributed by atoms with van der Waals surface area (Å²) in [5.41, 5.74) is 1.63. The fourth-order valence-electron chi connectivity index (χ4n) is 2.95. The molecular weight excluding hydrogens is 362 g/mol. The van der Waals surface area contributed by atoms with Gasteiger partial charge in [0.2, 0.25) is 5.91 Å². The number of anilines is 2. The van der Waals surface area contributed by atoms with Gasteiger partial charge in [0, 0.05) is 35.5 Å². The summed E-state index contributed by atoms with van der Waals surface area (Å²) in [5.74, 6) is -0.153. The standard InChI is InChI=1S/C16H21N3O4S2/c1-10(20)17-8-12-9-19(16(21)23-12)11-6-13(24)15(14(25)7-11)18-2-4-22-5-3-18/h6-7,12,24-25H,2-5,8-9H2,1H3,(H,17,20)/t12-/m0/s1. The first-order valence-corrected chi connectivity index (χ1v) is 8.96. The minimum absolute atomic E-state index is 0.153. The molecule has 2 heterocycles. The highest BCUT2D eigenvalue weighted by atomic mass is 32.1. The quantitative estimate of drug-likeness (QED) is 0.689. The molecule has 1 aromatic carbocycles. The maximum atomic E-state index is 12.2. The lowest BCUT2D eigenvalue weighted by Crippen LogP contribution is -2.36. The van der Waals surface area contributed by atoms with Crippen molar-refractivity contribution in [3.63, 3.8) is 0 Å². The summed E-state index contributed by atoms with van der Waals surface area (Å²) in [5, 5.41) is 2.66. The number of rotatable bonds is 4. The largest absolute Gasteiger partial charge is 0.442 e. The molecule has 0 saturated carbocycles. The molecule has 2 fully saturated rings. The predicted molar refractivity (Wildman–Crippen MR) is 100 cm³/mol. The Bertz CT molecular complexity index is 656. The molecule has 0 spiro atoms. The molecule has 0 bridgehead atoms. The summed E-state index contributed by atoms with van der Waals surface area (Å²) in [7, 11) is 0. The van der Waals surface area contributed by atoms with Crippen molar-refractivity contribution in [3.05, 3.63) is 12.1 Å². The maximum absolute atomic E-state index is 12.2. The molecule has 0 unspecified atom stereocenters. The SMILES string of the molecule is CC(=O)NC[C@H]1CN(c2cc(S)c(N3CCOCC3)c(S)c2)C(=O)O1. The second kappa shape index (κ2) is 7.76. The normalized spacial score (nSPS) is 20.6. The molecule has 25 heavy (non-hydrogen) atoms. The van der Waals surface area contributed by atoms with Gasteiger partial charge in [-0.3, -0.25) is 9.69 Å². The molecule has 2 aliphatic rings. The summed E-state index contributed by atoms with van der Waals surface area (Å²) in [6.07, 6.45) is -0.808. The van der Waals surface area contributed by atoms with E-state index in [1.165, 1.54) is 11.8 Å². The van der Waals surface area contributed by atoms with Crippen LogP contribution < -0.4 is 15.1 Å². The van der Waals surface area contributed by atoms with Gasteiger partial charge in [0.1, 0.15) is 6.10 Å². The van der Waals surface area contributed by atoms with Gasteiger partial charge in [-0.05, 0) is 12.1 Å². The highest BCUT2D eigenvalue weighted by Gasteiger charge is 2.33. The Balaban J connectivity index is 1.76. The van der Waals surface area contributed by atoms with Crippen molar-refractivity contribution in [1.29, 1.82) is 0 Å².